The van der Waals surface area contributed by atoms with Crippen molar-refractivity contribution in [1.82, 2.24) is 9.62 Å². The fraction of sp³-hybridized carbons (Fsp3) is 0.243. The molecular weight excluding hydrogens is 734 g/mol. The summed E-state index contributed by atoms with van der Waals surface area (Å²) in [4.78, 5) is 51.2. The Hall–Kier alpha value is -5.97. The molecule has 0 aliphatic rings. The SMILES string of the molecule is CCOC(=O)C(CCCCC(N)=O)CN(Cc1ccc(-c2ccccc2S(=O)(=O)NC(=O)Nc2ccc(F)cc2F)cc1)C(=O)Nc1ccc(F)cc1F. The van der Waals surface area contributed by atoms with Crippen molar-refractivity contribution in [1.29, 1.82) is 0 Å². The molecule has 1 atom stereocenters. The molecule has 4 aromatic carbocycles. The minimum Gasteiger partial charge on any atom is -0.466 e. The average Bonchev–Trinajstić information content (AvgIpc) is 3.11. The molecule has 17 heteroatoms. The molecule has 0 saturated carbocycles. The molecule has 0 aromatic heterocycles. The number of anilines is 2. The summed E-state index contributed by atoms with van der Waals surface area (Å²) in [7, 11) is -4.54. The maximum Gasteiger partial charge on any atom is 0.333 e. The first-order valence-corrected chi connectivity index (χ1v) is 18.1. The molecule has 0 fully saturated rings. The van der Waals surface area contributed by atoms with Gasteiger partial charge in [0.1, 0.15) is 23.3 Å². The number of esters is 1. The number of ether oxygens (including phenoxy) is 1. The third kappa shape index (κ3) is 11.5. The van der Waals surface area contributed by atoms with E-state index in [0.717, 1.165) is 24.3 Å². The first kappa shape index (κ1) is 40.8. The number of amides is 5. The highest BCUT2D eigenvalue weighted by Crippen LogP contribution is 2.28. The molecule has 0 heterocycles. The van der Waals surface area contributed by atoms with Gasteiger partial charge in [-0.2, -0.15) is 0 Å². The fourth-order valence-electron chi connectivity index (χ4n) is 5.37. The number of halogens is 4. The largest absolute Gasteiger partial charge is 0.466 e. The van der Waals surface area contributed by atoms with E-state index >= 15 is 0 Å². The first-order valence-electron chi connectivity index (χ1n) is 16.6. The lowest BCUT2D eigenvalue weighted by Crippen LogP contribution is -2.40. The molecule has 4 aromatic rings. The Kier molecular flexibility index (Phi) is 14.1. The van der Waals surface area contributed by atoms with Gasteiger partial charge in [0.15, 0.2) is 0 Å². The first-order chi connectivity index (χ1) is 25.7. The molecule has 0 aliphatic heterocycles. The summed E-state index contributed by atoms with van der Waals surface area (Å²) in [6, 6.07) is 14.8. The minimum absolute atomic E-state index is 0.0647. The Bertz CT molecular complexity index is 2100. The van der Waals surface area contributed by atoms with Crippen molar-refractivity contribution in [2.45, 2.75) is 44.0 Å². The number of nitrogens with one attached hydrogen (secondary N) is 3. The molecule has 12 nitrogen and oxygen atoms in total. The van der Waals surface area contributed by atoms with Crippen LogP contribution in [0.15, 0.2) is 89.8 Å². The van der Waals surface area contributed by atoms with Gasteiger partial charge >= 0.3 is 18.0 Å². The number of primary amides is 1. The number of unbranched alkanes of at least 4 members (excludes halogenated alkanes) is 1. The Labute approximate surface area is 308 Å². The maximum absolute atomic E-state index is 14.5. The van der Waals surface area contributed by atoms with Crippen molar-refractivity contribution in [3.63, 3.8) is 0 Å². The predicted octanol–water partition coefficient (Wildman–Crippen LogP) is 6.68. The second-order valence-corrected chi connectivity index (χ2v) is 13.6. The molecule has 5 amide bonds. The second kappa shape index (κ2) is 18.7. The van der Waals surface area contributed by atoms with E-state index in [2.05, 4.69) is 5.32 Å². The Morgan fingerprint density at radius 3 is 2.02 bits per heavy atom. The lowest BCUT2D eigenvalue weighted by molar-refractivity contribution is -0.148. The number of rotatable bonds is 16. The highest BCUT2D eigenvalue weighted by atomic mass is 32.2. The molecular formula is C37H37F4N5O7S. The number of hydrogen-bond donors (Lipinski definition) is 4. The van der Waals surface area contributed by atoms with E-state index in [4.69, 9.17) is 10.5 Å². The molecule has 0 radical (unpaired) electrons. The number of hydrogen-bond acceptors (Lipinski definition) is 7. The highest BCUT2D eigenvalue weighted by molar-refractivity contribution is 7.90. The average molecular weight is 772 g/mol. The molecule has 54 heavy (non-hydrogen) atoms. The zero-order valence-electron chi connectivity index (χ0n) is 28.9. The van der Waals surface area contributed by atoms with Gasteiger partial charge in [0.25, 0.3) is 10.0 Å². The molecule has 5 N–H and O–H groups in total. The zero-order valence-corrected chi connectivity index (χ0v) is 29.7. The number of urea groups is 2. The van der Waals surface area contributed by atoms with Crippen molar-refractivity contribution in [2.24, 2.45) is 11.7 Å². The van der Waals surface area contributed by atoms with Gasteiger partial charge in [-0.3, -0.25) is 9.59 Å². The number of carbonyl (C=O) groups excluding carboxylic acids is 4. The monoisotopic (exact) mass is 771 g/mol. The number of benzene rings is 4. The van der Waals surface area contributed by atoms with Crippen LogP contribution in [0.3, 0.4) is 0 Å². The summed E-state index contributed by atoms with van der Waals surface area (Å²) in [6.07, 6.45) is 1.13. The van der Waals surface area contributed by atoms with Gasteiger partial charge in [-0.1, -0.05) is 48.9 Å². The lowest BCUT2D eigenvalue weighted by Gasteiger charge is -2.27. The predicted molar refractivity (Wildman–Crippen MR) is 191 cm³/mol. The van der Waals surface area contributed by atoms with E-state index in [0.29, 0.717) is 36.1 Å². The highest BCUT2D eigenvalue weighted by Gasteiger charge is 2.27. The standard InChI is InChI=1S/C37H37F4N5O7S/c1-2-53-35(48)25(7-3-6-10-34(42)47)22-46(37(50)44-32-18-16-27(39)20-30(32)41)21-23-11-13-24(14-12-23)28-8-4-5-9-33(28)54(51,52)45-36(49)43-31-17-15-26(38)19-29(31)40/h4-5,8-9,11-20,25H,2-3,6-7,10,21-22H2,1H3,(H2,42,47)(H,44,50)(H2,43,45,49). The minimum atomic E-state index is -4.54. The van der Waals surface area contributed by atoms with E-state index in [1.165, 1.54) is 23.1 Å². The molecule has 4 rings (SSSR count). The summed E-state index contributed by atoms with van der Waals surface area (Å²) in [5, 5.41) is 4.43. The molecule has 286 valence electrons. The number of carbonyl (C=O) groups is 4. The fourth-order valence-corrected chi connectivity index (χ4v) is 6.51. The Morgan fingerprint density at radius 2 is 1.43 bits per heavy atom. The van der Waals surface area contributed by atoms with E-state index in [1.807, 2.05) is 10.0 Å². The van der Waals surface area contributed by atoms with Crippen LogP contribution in [-0.2, 0) is 30.9 Å². The second-order valence-electron chi connectivity index (χ2n) is 12.0. The van der Waals surface area contributed by atoms with Gasteiger partial charge in [-0.15, -0.1) is 0 Å². The van der Waals surface area contributed by atoms with E-state index < -0.39 is 68.8 Å². The summed E-state index contributed by atoms with van der Waals surface area (Å²) in [6.45, 7) is 1.36. The van der Waals surface area contributed by atoms with Crippen molar-refractivity contribution in [3.05, 3.63) is 114 Å². The number of nitrogens with zero attached hydrogens (tertiary/aromatic N) is 1. The van der Waals surface area contributed by atoms with Gasteiger partial charge in [-0.05, 0) is 61.2 Å². The van der Waals surface area contributed by atoms with Gasteiger partial charge in [0.05, 0.1) is 28.8 Å². The quantitative estimate of drug-likeness (QED) is 0.0558. The van der Waals surface area contributed by atoms with Crippen LogP contribution in [0.5, 0.6) is 0 Å². The van der Waals surface area contributed by atoms with Crippen molar-refractivity contribution < 1.29 is 49.9 Å². The summed E-state index contributed by atoms with van der Waals surface area (Å²) >= 11 is 0. The smallest absolute Gasteiger partial charge is 0.333 e. The van der Waals surface area contributed by atoms with Crippen LogP contribution in [0.25, 0.3) is 11.1 Å². The third-order valence-electron chi connectivity index (χ3n) is 7.97. The Balaban J connectivity index is 1.57. The van der Waals surface area contributed by atoms with Crippen LogP contribution in [0.2, 0.25) is 0 Å². The molecule has 0 aliphatic carbocycles. The topological polar surface area (TPSA) is 177 Å². The van der Waals surface area contributed by atoms with E-state index in [-0.39, 0.29) is 48.7 Å². The van der Waals surface area contributed by atoms with E-state index in [1.54, 1.807) is 37.3 Å². The summed E-state index contributed by atoms with van der Waals surface area (Å²) in [5.41, 5.74) is 5.54. The molecule has 0 saturated heterocycles. The van der Waals surface area contributed by atoms with Crippen molar-refractivity contribution >= 4 is 45.3 Å². The van der Waals surface area contributed by atoms with Gasteiger partial charge in [-0.25, -0.2) is 40.3 Å². The van der Waals surface area contributed by atoms with E-state index in [9.17, 15) is 45.2 Å². The van der Waals surface area contributed by atoms with Crippen LogP contribution in [0, 0.1) is 29.2 Å². The van der Waals surface area contributed by atoms with Crippen LogP contribution in [-0.4, -0.2) is 50.4 Å². The normalized spacial score (nSPS) is 11.6. The van der Waals surface area contributed by atoms with Crippen molar-refractivity contribution in [2.75, 3.05) is 23.8 Å². The molecule has 0 bridgehead atoms. The summed E-state index contributed by atoms with van der Waals surface area (Å²) < 4.78 is 89.0. The van der Waals surface area contributed by atoms with Crippen LogP contribution >= 0.6 is 0 Å². The van der Waals surface area contributed by atoms with Crippen molar-refractivity contribution in [3.8, 4) is 11.1 Å². The third-order valence-corrected chi connectivity index (χ3v) is 9.36. The van der Waals surface area contributed by atoms with Gasteiger partial charge in [0.2, 0.25) is 5.91 Å². The maximum atomic E-state index is 14.5. The molecule has 0 spiro atoms. The zero-order chi connectivity index (χ0) is 39.4. The number of sulfonamides is 1. The summed E-state index contributed by atoms with van der Waals surface area (Å²) in [5.74, 6) is -5.83. The molecule has 1 unspecified atom stereocenters. The van der Waals surface area contributed by atoms with Gasteiger partial charge < -0.3 is 26.0 Å². The lowest BCUT2D eigenvalue weighted by atomic mass is 9.99. The Morgan fingerprint density at radius 1 is 0.815 bits per heavy atom. The van der Waals surface area contributed by atoms with Crippen LogP contribution in [0.1, 0.15) is 38.2 Å². The van der Waals surface area contributed by atoms with Crippen LogP contribution < -0.4 is 21.1 Å². The van der Waals surface area contributed by atoms with Gasteiger partial charge in [0, 0.05) is 37.2 Å². The van der Waals surface area contributed by atoms with Crippen LogP contribution in [0.4, 0.5) is 38.5 Å². The number of nitrogens with two attached hydrogens (primary N) is 1.